The van der Waals surface area contributed by atoms with Crippen LogP contribution in [-0.2, 0) is 26.2 Å². The van der Waals surface area contributed by atoms with Crippen molar-refractivity contribution in [2.75, 3.05) is 31.3 Å². The number of nitrogens with zero attached hydrogens (tertiary/aromatic N) is 2. The van der Waals surface area contributed by atoms with Gasteiger partial charge in [0.15, 0.2) is 0 Å². The molecule has 1 unspecified atom stereocenters. The van der Waals surface area contributed by atoms with E-state index in [1.165, 1.54) is 19.1 Å². The maximum absolute atomic E-state index is 13.3. The number of hydrogen-bond acceptors (Lipinski definition) is 5. The Hall–Kier alpha value is -3.07. The molecule has 0 fully saturated rings. The summed E-state index contributed by atoms with van der Waals surface area (Å²) < 4.78 is 31.4. The third-order valence-corrected chi connectivity index (χ3v) is 6.01. The van der Waals surface area contributed by atoms with Gasteiger partial charge in [0.05, 0.1) is 19.1 Å². The third-order valence-electron chi connectivity index (χ3n) is 4.88. The van der Waals surface area contributed by atoms with Crippen LogP contribution in [-0.4, -0.2) is 58.1 Å². The lowest BCUT2D eigenvalue weighted by molar-refractivity contribution is -0.139. The fraction of sp³-hybridized carbons (Fsp3) is 0.364. The van der Waals surface area contributed by atoms with E-state index < -0.39 is 28.5 Å². The minimum atomic E-state index is -3.80. The number of rotatable bonds is 9. The van der Waals surface area contributed by atoms with Gasteiger partial charge in [0, 0.05) is 13.6 Å². The van der Waals surface area contributed by atoms with E-state index in [2.05, 4.69) is 5.32 Å². The van der Waals surface area contributed by atoms with Gasteiger partial charge in [-0.25, -0.2) is 8.42 Å². The van der Waals surface area contributed by atoms with Gasteiger partial charge in [-0.15, -0.1) is 0 Å². The highest BCUT2D eigenvalue weighted by atomic mass is 32.2. The van der Waals surface area contributed by atoms with E-state index in [4.69, 9.17) is 4.74 Å². The number of amides is 2. The van der Waals surface area contributed by atoms with Crippen LogP contribution in [0.5, 0.6) is 5.75 Å². The molecule has 0 spiro atoms. The molecule has 0 aliphatic carbocycles. The van der Waals surface area contributed by atoms with Crippen molar-refractivity contribution < 1.29 is 22.7 Å². The Kier molecular flexibility index (Phi) is 8.04. The molecule has 0 radical (unpaired) electrons. The summed E-state index contributed by atoms with van der Waals surface area (Å²) >= 11 is 0. The van der Waals surface area contributed by atoms with Crippen molar-refractivity contribution >= 4 is 27.5 Å². The number of para-hydroxylation sites is 2. The van der Waals surface area contributed by atoms with Gasteiger partial charge < -0.3 is 15.0 Å². The number of sulfonamides is 1. The number of nitrogens with one attached hydrogen (secondary N) is 1. The van der Waals surface area contributed by atoms with E-state index in [9.17, 15) is 18.0 Å². The van der Waals surface area contributed by atoms with Gasteiger partial charge in [-0.05, 0) is 31.5 Å². The Morgan fingerprint density at radius 1 is 1.13 bits per heavy atom. The molecule has 9 heteroatoms. The standard InChI is InChI=1S/C22H29N3O5S/c1-16-9-8-10-18(13-16)14-24(17(2)22(27)23-3)21(26)15-25(31(5,28)29)19-11-6-7-12-20(19)30-4/h6-13,17H,14-15H2,1-5H3,(H,23,27). The van der Waals surface area contributed by atoms with Gasteiger partial charge in [0.1, 0.15) is 18.3 Å². The summed E-state index contributed by atoms with van der Waals surface area (Å²) in [6, 6.07) is 13.4. The zero-order valence-corrected chi connectivity index (χ0v) is 19.3. The molecule has 2 aromatic rings. The number of carbonyl (C=O) groups is 2. The molecule has 8 nitrogen and oxygen atoms in total. The molecule has 0 saturated heterocycles. The summed E-state index contributed by atoms with van der Waals surface area (Å²) in [6.45, 7) is 3.25. The molecule has 1 N–H and O–H groups in total. The average molecular weight is 448 g/mol. The monoisotopic (exact) mass is 447 g/mol. The van der Waals surface area contributed by atoms with Gasteiger partial charge in [-0.1, -0.05) is 42.0 Å². The van der Waals surface area contributed by atoms with Crippen molar-refractivity contribution in [3.63, 3.8) is 0 Å². The molecular formula is C22H29N3O5S. The van der Waals surface area contributed by atoms with E-state index in [1.54, 1.807) is 31.2 Å². The lowest BCUT2D eigenvalue weighted by Crippen LogP contribution is -2.50. The van der Waals surface area contributed by atoms with Gasteiger partial charge in [0.2, 0.25) is 21.8 Å². The molecule has 0 saturated carbocycles. The molecule has 2 aromatic carbocycles. The number of likely N-dealkylation sites (N-methyl/N-ethyl adjacent to an activating group) is 1. The average Bonchev–Trinajstić information content (AvgIpc) is 2.73. The van der Waals surface area contributed by atoms with Crippen molar-refractivity contribution in [3.05, 3.63) is 59.7 Å². The minimum Gasteiger partial charge on any atom is -0.495 e. The Bertz CT molecular complexity index is 1040. The van der Waals surface area contributed by atoms with Crippen LogP contribution in [0.25, 0.3) is 0 Å². The number of anilines is 1. The zero-order chi connectivity index (χ0) is 23.2. The van der Waals surface area contributed by atoms with Crippen LogP contribution in [0.1, 0.15) is 18.1 Å². The van der Waals surface area contributed by atoms with Gasteiger partial charge in [-0.3, -0.25) is 13.9 Å². The fourth-order valence-corrected chi connectivity index (χ4v) is 4.08. The van der Waals surface area contributed by atoms with Gasteiger partial charge in [-0.2, -0.15) is 0 Å². The van der Waals surface area contributed by atoms with E-state index in [1.807, 2.05) is 31.2 Å². The first-order valence-corrected chi connectivity index (χ1v) is 11.6. The third kappa shape index (κ3) is 6.21. The molecule has 0 heterocycles. The van der Waals surface area contributed by atoms with E-state index in [-0.39, 0.29) is 18.1 Å². The van der Waals surface area contributed by atoms with Crippen LogP contribution in [0, 0.1) is 6.92 Å². The smallest absolute Gasteiger partial charge is 0.244 e. The predicted octanol–water partition coefficient (Wildman–Crippen LogP) is 1.93. The van der Waals surface area contributed by atoms with Crippen LogP contribution in [0.2, 0.25) is 0 Å². The zero-order valence-electron chi connectivity index (χ0n) is 18.5. The van der Waals surface area contributed by atoms with Crippen LogP contribution in [0.15, 0.2) is 48.5 Å². The molecule has 0 bridgehead atoms. The van der Waals surface area contributed by atoms with Crippen LogP contribution >= 0.6 is 0 Å². The number of methoxy groups -OCH3 is 1. The summed E-state index contributed by atoms with van der Waals surface area (Å²) in [4.78, 5) is 27.0. The molecule has 1 atom stereocenters. The van der Waals surface area contributed by atoms with Crippen molar-refractivity contribution in [1.82, 2.24) is 10.2 Å². The lowest BCUT2D eigenvalue weighted by atomic mass is 10.1. The van der Waals surface area contributed by atoms with E-state index in [0.717, 1.165) is 21.7 Å². The minimum absolute atomic E-state index is 0.165. The first-order valence-electron chi connectivity index (χ1n) is 9.75. The Morgan fingerprint density at radius 3 is 2.39 bits per heavy atom. The molecule has 0 aromatic heterocycles. The second-order valence-corrected chi connectivity index (χ2v) is 9.15. The summed E-state index contributed by atoms with van der Waals surface area (Å²) in [5.41, 5.74) is 2.11. The first kappa shape index (κ1) is 24.2. The van der Waals surface area contributed by atoms with E-state index >= 15 is 0 Å². The number of carbonyl (C=O) groups excluding carboxylic acids is 2. The maximum atomic E-state index is 13.3. The normalized spacial score (nSPS) is 12.0. The number of aryl methyl sites for hydroxylation is 1. The molecular weight excluding hydrogens is 418 g/mol. The molecule has 2 amide bonds. The maximum Gasteiger partial charge on any atom is 0.244 e. The van der Waals surface area contributed by atoms with Crippen molar-refractivity contribution in [2.24, 2.45) is 0 Å². The quantitative estimate of drug-likeness (QED) is 0.634. The summed E-state index contributed by atoms with van der Waals surface area (Å²) in [5, 5.41) is 2.55. The van der Waals surface area contributed by atoms with Crippen molar-refractivity contribution in [2.45, 2.75) is 26.4 Å². The second kappa shape index (κ2) is 10.3. The number of ether oxygens (including phenoxy) is 1. The van der Waals surface area contributed by atoms with E-state index in [0.29, 0.717) is 5.75 Å². The highest BCUT2D eigenvalue weighted by Gasteiger charge is 2.30. The Balaban J connectivity index is 2.42. The summed E-state index contributed by atoms with van der Waals surface area (Å²) in [5.74, 6) is -0.525. The molecule has 0 aliphatic rings. The summed E-state index contributed by atoms with van der Waals surface area (Å²) in [6.07, 6.45) is 1.03. The molecule has 168 valence electrons. The number of hydrogen-bond donors (Lipinski definition) is 1. The van der Waals surface area contributed by atoms with Crippen molar-refractivity contribution in [1.29, 1.82) is 0 Å². The Morgan fingerprint density at radius 2 is 1.81 bits per heavy atom. The summed E-state index contributed by atoms with van der Waals surface area (Å²) in [7, 11) is -0.884. The highest BCUT2D eigenvalue weighted by molar-refractivity contribution is 7.92. The predicted molar refractivity (Wildman–Crippen MR) is 120 cm³/mol. The van der Waals surface area contributed by atoms with Gasteiger partial charge in [0.25, 0.3) is 0 Å². The largest absolute Gasteiger partial charge is 0.495 e. The topological polar surface area (TPSA) is 96.0 Å². The SMILES string of the molecule is CNC(=O)C(C)N(Cc1cccc(C)c1)C(=O)CN(c1ccccc1OC)S(C)(=O)=O. The van der Waals surface area contributed by atoms with Crippen LogP contribution in [0.3, 0.4) is 0 Å². The fourth-order valence-electron chi connectivity index (χ4n) is 3.23. The molecule has 2 rings (SSSR count). The highest BCUT2D eigenvalue weighted by Crippen LogP contribution is 2.29. The van der Waals surface area contributed by atoms with Gasteiger partial charge >= 0.3 is 0 Å². The molecule has 0 aliphatic heterocycles. The Labute approximate surface area is 183 Å². The van der Waals surface area contributed by atoms with Crippen LogP contribution < -0.4 is 14.4 Å². The van der Waals surface area contributed by atoms with Crippen molar-refractivity contribution in [3.8, 4) is 5.75 Å². The lowest BCUT2D eigenvalue weighted by Gasteiger charge is -2.31. The number of benzene rings is 2. The molecule has 31 heavy (non-hydrogen) atoms. The van der Waals surface area contributed by atoms with Crippen LogP contribution in [0.4, 0.5) is 5.69 Å². The second-order valence-electron chi connectivity index (χ2n) is 7.24. The first-order chi connectivity index (χ1) is 14.6.